The van der Waals surface area contributed by atoms with Gasteiger partial charge in [-0.05, 0) is 56.3 Å². The fraction of sp³-hybridized carbons (Fsp3) is 0.667. The van der Waals surface area contributed by atoms with Gasteiger partial charge in [-0.25, -0.2) is 0 Å². The van der Waals surface area contributed by atoms with Gasteiger partial charge in [0.1, 0.15) is 0 Å². The zero-order valence-corrected chi connectivity index (χ0v) is 16.0. The molecule has 2 aromatic heterocycles. The van der Waals surface area contributed by atoms with Crippen molar-refractivity contribution < 1.29 is 4.52 Å². The van der Waals surface area contributed by atoms with Crippen LogP contribution in [-0.4, -0.2) is 50.6 Å². The smallest absolute Gasteiger partial charge is 0.229 e. The van der Waals surface area contributed by atoms with E-state index in [0.717, 1.165) is 37.3 Å². The van der Waals surface area contributed by atoms with Crippen molar-refractivity contribution in [3.05, 3.63) is 41.8 Å². The van der Waals surface area contributed by atoms with E-state index in [9.17, 15) is 0 Å². The molecule has 6 rings (SSSR count). The summed E-state index contributed by atoms with van der Waals surface area (Å²) in [5.41, 5.74) is 1.26. The number of hydrogen-bond donors (Lipinski definition) is 0. The van der Waals surface area contributed by atoms with Crippen molar-refractivity contribution in [1.82, 2.24) is 24.9 Å². The Kier molecular flexibility index (Phi) is 4.93. The summed E-state index contributed by atoms with van der Waals surface area (Å²) in [6, 6.07) is 4.76. The van der Waals surface area contributed by atoms with Crippen molar-refractivity contribution in [3.8, 4) is 0 Å². The molecular formula is C21H29N5O. The van der Waals surface area contributed by atoms with Gasteiger partial charge in [0.05, 0.1) is 6.54 Å². The van der Waals surface area contributed by atoms with Crippen LogP contribution < -0.4 is 0 Å². The van der Waals surface area contributed by atoms with Crippen molar-refractivity contribution in [2.75, 3.05) is 19.6 Å². The highest BCUT2D eigenvalue weighted by molar-refractivity contribution is 5.09. The number of rotatable bonds is 6. The summed E-state index contributed by atoms with van der Waals surface area (Å²) in [4.78, 5) is 14.3. The summed E-state index contributed by atoms with van der Waals surface area (Å²) in [6.07, 6.45) is 11.4. The van der Waals surface area contributed by atoms with Crippen LogP contribution in [0.2, 0.25) is 0 Å². The predicted octanol–water partition coefficient (Wildman–Crippen LogP) is 3.22. The lowest BCUT2D eigenvalue weighted by Gasteiger charge is -2.49. The van der Waals surface area contributed by atoms with Crippen LogP contribution in [0.3, 0.4) is 0 Å². The largest absolute Gasteiger partial charge is 0.339 e. The fourth-order valence-corrected chi connectivity index (χ4v) is 5.22. The van der Waals surface area contributed by atoms with E-state index in [-0.39, 0.29) is 0 Å². The molecule has 6 nitrogen and oxygen atoms in total. The quantitative estimate of drug-likeness (QED) is 0.781. The molecule has 2 bridgehead atoms. The van der Waals surface area contributed by atoms with Crippen molar-refractivity contribution in [2.45, 2.75) is 63.6 Å². The summed E-state index contributed by atoms with van der Waals surface area (Å²) in [5.74, 6) is 2.97. The topological polar surface area (TPSA) is 58.3 Å². The molecule has 0 spiro atoms. The Morgan fingerprint density at radius 1 is 1.11 bits per heavy atom. The van der Waals surface area contributed by atoms with Crippen molar-refractivity contribution in [3.63, 3.8) is 0 Å². The van der Waals surface area contributed by atoms with E-state index in [1.165, 1.54) is 57.2 Å². The lowest BCUT2D eigenvalue weighted by atomic mass is 9.83. The predicted molar refractivity (Wildman–Crippen MR) is 102 cm³/mol. The number of piperidine rings is 3. The SMILES string of the molecule is c1cncc(CN(Cc2noc(C3CCCC3)n2)[C@@H]2CN3CCC2CC3)c1. The van der Waals surface area contributed by atoms with Gasteiger partial charge in [-0.1, -0.05) is 24.1 Å². The molecule has 4 aliphatic rings. The Labute approximate surface area is 161 Å². The molecule has 27 heavy (non-hydrogen) atoms. The molecule has 0 aromatic carbocycles. The van der Waals surface area contributed by atoms with Gasteiger partial charge in [0.25, 0.3) is 0 Å². The minimum absolute atomic E-state index is 0.481. The minimum Gasteiger partial charge on any atom is -0.339 e. The second-order valence-electron chi connectivity index (χ2n) is 8.50. The maximum Gasteiger partial charge on any atom is 0.229 e. The first kappa shape index (κ1) is 17.3. The molecule has 1 atom stereocenters. The molecule has 1 saturated carbocycles. The molecule has 4 fully saturated rings. The van der Waals surface area contributed by atoms with Crippen molar-refractivity contribution >= 4 is 0 Å². The molecule has 6 heteroatoms. The maximum absolute atomic E-state index is 5.64. The van der Waals surface area contributed by atoms with Crippen LogP contribution >= 0.6 is 0 Å². The second kappa shape index (κ2) is 7.68. The Balaban J connectivity index is 1.35. The number of nitrogens with zero attached hydrogens (tertiary/aromatic N) is 5. The lowest BCUT2D eigenvalue weighted by molar-refractivity contribution is -0.00395. The lowest BCUT2D eigenvalue weighted by Crippen LogP contribution is -2.56. The van der Waals surface area contributed by atoms with Gasteiger partial charge < -0.3 is 9.42 Å². The molecule has 0 radical (unpaired) electrons. The molecule has 0 N–H and O–H groups in total. The summed E-state index contributed by atoms with van der Waals surface area (Å²) < 4.78 is 5.64. The van der Waals surface area contributed by atoms with E-state index < -0.39 is 0 Å². The highest BCUT2D eigenvalue weighted by atomic mass is 16.5. The third-order valence-corrected chi connectivity index (χ3v) is 6.73. The first-order valence-corrected chi connectivity index (χ1v) is 10.5. The number of fused-ring (bicyclic) bond motifs is 3. The van der Waals surface area contributed by atoms with Crippen LogP contribution in [0.25, 0.3) is 0 Å². The monoisotopic (exact) mass is 367 g/mol. The van der Waals surface area contributed by atoms with E-state index in [1.807, 2.05) is 18.5 Å². The highest BCUT2D eigenvalue weighted by Crippen LogP contribution is 2.34. The standard InChI is InChI=1S/C21H29N5O/c1-2-6-18(5-1)21-23-20(24-27-21)15-26(13-16-4-3-9-22-12-16)19-14-25-10-7-17(19)8-11-25/h3-4,9,12,17-19H,1-2,5-8,10-11,13-15H2/t19-/m1/s1. The van der Waals surface area contributed by atoms with Gasteiger partial charge in [0, 0.05) is 37.4 Å². The van der Waals surface area contributed by atoms with Crippen LogP contribution in [0.5, 0.6) is 0 Å². The third-order valence-electron chi connectivity index (χ3n) is 6.73. The average molecular weight is 367 g/mol. The zero-order valence-electron chi connectivity index (χ0n) is 16.0. The van der Waals surface area contributed by atoms with Gasteiger partial charge in [-0.15, -0.1) is 0 Å². The average Bonchev–Trinajstić information content (AvgIpc) is 3.41. The zero-order chi connectivity index (χ0) is 18.1. The first-order valence-electron chi connectivity index (χ1n) is 10.5. The van der Waals surface area contributed by atoms with Crippen molar-refractivity contribution in [2.24, 2.45) is 5.92 Å². The molecule has 3 aliphatic heterocycles. The normalized spacial score (nSPS) is 28.3. The Bertz CT molecular complexity index is 734. The first-order chi connectivity index (χ1) is 13.3. The van der Waals surface area contributed by atoms with Gasteiger partial charge in [0.15, 0.2) is 5.82 Å². The summed E-state index contributed by atoms with van der Waals surface area (Å²) in [6.45, 7) is 5.35. The number of pyridine rings is 1. The molecule has 5 heterocycles. The number of hydrogen-bond acceptors (Lipinski definition) is 6. The Hall–Kier alpha value is -1.79. The van der Waals surface area contributed by atoms with Crippen LogP contribution in [-0.2, 0) is 13.1 Å². The van der Waals surface area contributed by atoms with E-state index >= 15 is 0 Å². The second-order valence-corrected chi connectivity index (χ2v) is 8.50. The summed E-state index contributed by atoms with van der Waals surface area (Å²) in [5, 5.41) is 4.34. The summed E-state index contributed by atoms with van der Waals surface area (Å²) in [7, 11) is 0. The van der Waals surface area contributed by atoms with Crippen LogP contribution in [0.15, 0.2) is 29.0 Å². The van der Waals surface area contributed by atoms with Crippen LogP contribution in [0.1, 0.15) is 61.7 Å². The third kappa shape index (κ3) is 3.78. The molecular weight excluding hydrogens is 338 g/mol. The van der Waals surface area contributed by atoms with Crippen LogP contribution in [0.4, 0.5) is 0 Å². The molecule has 1 aliphatic carbocycles. The molecule has 144 valence electrons. The van der Waals surface area contributed by atoms with E-state index in [0.29, 0.717) is 12.0 Å². The molecule has 0 amide bonds. The maximum atomic E-state index is 5.64. The van der Waals surface area contributed by atoms with E-state index in [2.05, 4.69) is 26.0 Å². The molecule has 2 aromatic rings. The number of aromatic nitrogens is 3. The van der Waals surface area contributed by atoms with Gasteiger partial charge in [-0.3, -0.25) is 9.88 Å². The Morgan fingerprint density at radius 2 is 1.96 bits per heavy atom. The minimum atomic E-state index is 0.481. The molecule has 0 unspecified atom stereocenters. The molecule has 3 saturated heterocycles. The van der Waals surface area contributed by atoms with E-state index in [1.54, 1.807) is 0 Å². The van der Waals surface area contributed by atoms with Gasteiger partial charge in [0.2, 0.25) is 5.89 Å². The fourth-order valence-electron chi connectivity index (χ4n) is 5.22. The van der Waals surface area contributed by atoms with Gasteiger partial charge >= 0.3 is 0 Å². The van der Waals surface area contributed by atoms with Crippen LogP contribution in [0, 0.1) is 5.92 Å². The Morgan fingerprint density at radius 3 is 2.67 bits per heavy atom. The summed E-state index contributed by atoms with van der Waals surface area (Å²) >= 11 is 0. The van der Waals surface area contributed by atoms with Crippen molar-refractivity contribution in [1.29, 1.82) is 0 Å². The highest BCUT2D eigenvalue weighted by Gasteiger charge is 2.38. The van der Waals surface area contributed by atoms with E-state index in [4.69, 9.17) is 9.51 Å². The van der Waals surface area contributed by atoms with Gasteiger partial charge in [-0.2, -0.15) is 4.98 Å².